The van der Waals surface area contributed by atoms with Crippen LogP contribution in [0.5, 0.6) is 0 Å². The van der Waals surface area contributed by atoms with Gasteiger partial charge in [-0.25, -0.2) is 4.39 Å². The van der Waals surface area contributed by atoms with E-state index in [1.807, 2.05) is 0 Å². The first-order valence-corrected chi connectivity index (χ1v) is 5.88. The fourth-order valence-corrected chi connectivity index (χ4v) is 2.36. The molecule has 1 unspecified atom stereocenters. The fourth-order valence-electron chi connectivity index (χ4n) is 2.11. The minimum absolute atomic E-state index is 0.0510. The van der Waals surface area contributed by atoms with E-state index in [-0.39, 0.29) is 29.1 Å². The van der Waals surface area contributed by atoms with Crippen LogP contribution in [0.3, 0.4) is 0 Å². The van der Waals surface area contributed by atoms with E-state index in [1.54, 1.807) is 4.90 Å². The third kappa shape index (κ3) is 2.42. The summed E-state index contributed by atoms with van der Waals surface area (Å²) in [5.74, 6) is -0.710. The third-order valence-corrected chi connectivity index (χ3v) is 3.32. The van der Waals surface area contributed by atoms with Crippen molar-refractivity contribution in [2.24, 2.45) is 0 Å². The third-order valence-electron chi connectivity index (χ3n) is 3.01. The summed E-state index contributed by atoms with van der Waals surface area (Å²) in [6.07, 6.45) is 1.66. The molecule has 92 valence electrons. The summed E-state index contributed by atoms with van der Waals surface area (Å²) >= 11 is 5.84. The number of nitrogens with zero attached hydrogens (tertiary/aromatic N) is 1. The molecule has 17 heavy (non-hydrogen) atoms. The largest absolute Gasteiger partial charge is 0.394 e. The van der Waals surface area contributed by atoms with Gasteiger partial charge in [0.2, 0.25) is 0 Å². The van der Waals surface area contributed by atoms with Crippen LogP contribution in [0.4, 0.5) is 4.39 Å². The van der Waals surface area contributed by atoms with Gasteiger partial charge in [0.1, 0.15) is 5.82 Å². The molecule has 1 aromatic rings. The highest BCUT2D eigenvalue weighted by molar-refractivity contribution is 6.33. The highest BCUT2D eigenvalue weighted by Gasteiger charge is 2.29. The smallest absolute Gasteiger partial charge is 0.255 e. The first kappa shape index (κ1) is 12.3. The number of hydrogen-bond donors (Lipinski definition) is 1. The van der Waals surface area contributed by atoms with E-state index in [2.05, 4.69) is 0 Å². The van der Waals surface area contributed by atoms with Gasteiger partial charge in [-0.1, -0.05) is 11.6 Å². The Morgan fingerprint density at radius 1 is 1.59 bits per heavy atom. The number of halogens is 2. The lowest BCUT2D eigenvalue weighted by Gasteiger charge is -2.23. The van der Waals surface area contributed by atoms with Gasteiger partial charge in [-0.3, -0.25) is 4.79 Å². The summed E-state index contributed by atoms with van der Waals surface area (Å²) in [5.41, 5.74) is 0.286. The predicted molar refractivity (Wildman–Crippen MR) is 62.6 cm³/mol. The average Bonchev–Trinajstić information content (AvgIpc) is 2.76. The number of carbonyl (C=O) groups is 1. The van der Waals surface area contributed by atoms with Gasteiger partial charge >= 0.3 is 0 Å². The monoisotopic (exact) mass is 257 g/mol. The van der Waals surface area contributed by atoms with Crippen LogP contribution in [0.25, 0.3) is 0 Å². The molecule has 0 spiro atoms. The molecule has 5 heteroatoms. The van der Waals surface area contributed by atoms with Crippen LogP contribution in [0.2, 0.25) is 5.02 Å². The van der Waals surface area contributed by atoms with E-state index < -0.39 is 5.82 Å². The first-order valence-electron chi connectivity index (χ1n) is 5.50. The molecule has 1 fully saturated rings. The molecule has 0 bridgehead atoms. The highest BCUT2D eigenvalue weighted by Crippen LogP contribution is 2.24. The summed E-state index contributed by atoms with van der Waals surface area (Å²) in [7, 11) is 0. The van der Waals surface area contributed by atoms with Gasteiger partial charge in [-0.05, 0) is 31.0 Å². The van der Waals surface area contributed by atoms with E-state index in [1.165, 1.54) is 12.1 Å². The topological polar surface area (TPSA) is 40.5 Å². The Bertz CT molecular complexity index is 439. The van der Waals surface area contributed by atoms with Crippen LogP contribution in [0.1, 0.15) is 23.2 Å². The van der Waals surface area contributed by atoms with Gasteiger partial charge in [0.15, 0.2) is 0 Å². The molecule has 1 heterocycles. The predicted octanol–water partition coefficient (Wildman–Crippen LogP) is 2.08. The second-order valence-corrected chi connectivity index (χ2v) is 4.51. The van der Waals surface area contributed by atoms with E-state index in [0.29, 0.717) is 6.54 Å². The van der Waals surface area contributed by atoms with Crippen molar-refractivity contribution in [2.75, 3.05) is 13.2 Å². The van der Waals surface area contributed by atoms with E-state index in [4.69, 9.17) is 16.7 Å². The molecule has 0 saturated carbocycles. The molecule has 2 rings (SSSR count). The molecular weight excluding hydrogens is 245 g/mol. The summed E-state index contributed by atoms with van der Waals surface area (Å²) in [5, 5.41) is 9.27. The van der Waals surface area contributed by atoms with Crippen molar-refractivity contribution in [1.29, 1.82) is 0 Å². The van der Waals surface area contributed by atoms with Crippen molar-refractivity contribution in [3.05, 3.63) is 34.6 Å². The lowest BCUT2D eigenvalue weighted by Crippen LogP contribution is -2.37. The zero-order valence-corrected chi connectivity index (χ0v) is 9.95. The van der Waals surface area contributed by atoms with Crippen molar-refractivity contribution >= 4 is 17.5 Å². The van der Waals surface area contributed by atoms with E-state index in [0.717, 1.165) is 18.9 Å². The normalized spacial score (nSPS) is 19.7. The Kier molecular flexibility index (Phi) is 3.64. The van der Waals surface area contributed by atoms with Gasteiger partial charge in [-0.15, -0.1) is 0 Å². The summed E-state index contributed by atoms with van der Waals surface area (Å²) < 4.78 is 12.9. The molecule has 0 aliphatic carbocycles. The van der Waals surface area contributed by atoms with Gasteiger partial charge in [0.25, 0.3) is 5.91 Å². The standard InChI is InChI=1S/C12H13ClFNO2/c13-11-6-8(14)3-4-10(11)12(17)15-5-1-2-9(15)7-16/h3-4,6,9,16H,1-2,5,7H2. The number of aliphatic hydroxyl groups is 1. The molecule has 0 aromatic heterocycles. The maximum Gasteiger partial charge on any atom is 0.255 e. The number of carbonyl (C=O) groups excluding carboxylic acids is 1. The van der Waals surface area contributed by atoms with Gasteiger partial charge in [-0.2, -0.15) is 0 Å². The molecular formula is C12H13ClFNO2. The number of aliphatic hydroxyl groups excluding tert-OH is 1. The molecule has 3 nitrogen and oxygen atoms in total. The molecule has 1 aromatic carbocycles. The minimum Gasteiger partial charge on any atom is -0.394 e. The zero-order valence-electron chi connectivity index (χ0n) is 9.20. The number of benzene rings is 1. The molecule has 1 atom stereocenters. The second kappa shape index (κ2) is 5.02. The van der Waals surface area contributed by atoms with E-state index >= 15 is 0 Å². The molecule has 1 aliphatic heterocycles. The molecule has 1 N–H and O–H groups in total. The van der Waals surface area contributed by atoms with Crippen LogP contribution in [0, 0.1) is 5.82 Å². The van der Waals surface area contributed by atoms with Crippen molar-refractivity contribution < 1.29 is 14.3 Å². The van der Waals surface area contributed by atoms with Crippen molar-refractivity contribution in [3.63, 3.8) is 0 Å². The average molecular weight is 258 g/mol. The van der Waals surface area contributed by atoms with Crippen LogP contribution in [-0.4, -0.2) is 35.1 Å². The Morgan fingerprint density at radius 3 is 3.00 bits per heavy atom. The van der Waals surface area contributed by atoms with Crippen LogP contribution in [0.15, 0.2) is 18.2 Å². The second-order valence-electron chi connectivity index (χ2n) is 4.10. The lowest BCUT2D eigenvalue weighted by atomic mass is 10.1. The molecule has 0 radical (unpaired) electrons. The summed E-state index contributed by atoms with van der Waals surface area (Å²) in [6.45, 7) is 0.558. The fraction of sp³-hybridized carbons (Fsp3) is 0.417. The molecule has 1 saturated heterocycles. The Hall–Kier alpha value is -1.13. The number of hydrogen-bond acceptors (Lipinski definition) is 2. The van der Waals surface area contributed by atoms with E-state index in [9.17, 15) is 9.18 Å². The molecule has 1 amide bonds. The van der Waals surface area contributed by atoms with Crippen LogP contribution < -0.4 is 0 Å². The zero-order chi connectivity index (χ0) is 12.4. The lowest BCUT2D eigenvalue weighted by molar-refractivity contribution is 0.0678. The number of amides is 1. The number of rotatable bonds is 2. The van der Waals surface area contributed by atoms with Crippen LogP contribution >= 0.6 is 11.6 Å². The van der Waals surface area contributed by atoms with Gasteiger partial charge in [0.05, 0.1) is 23.2 Å². The summed E-state index contributed by atoms with van der Waals surface area (Å²) in [4.78, 5) is 13.8. The quantitative estimate of drug-likeness (QED) is 0.881. The first-order chi connectivity index (χ1) is 8.13. The molecule has 1 aliphatic rings. The maximum atomic E-state index is 12.9. The van der Waals surface area contributed by atoms with Crippen molar-refractivity contribution in [1.82, 2.24) is 4.90 Å². The minimum atomic E-state index is -0.466. The van der Waals surface area contributed by atoms with Crippen molar-refractivity contribution in [3.8, 4) is 0 Å². The van der Waals surface area contributed by atoms with Crippen LogP contribution in [-0.2, 0) is 0 Å². The Balaban J connectivity index is 2.24. The highest BCUT2D eigenvalue weighted by atomic mass is 35.5. The number of likely N-dealkylation sites (tertiary alicyclic amines) is 1. The van der Waals surface area contributed by atoms with Gasteiger partial charge in [0, 0.05) is 6.54 Å². The maximum absolute atomic E-state index is 12.9. The Morgan fingerprint density at radius 2 is 2.35 bits per heavy atom. The van der Waals surface area contributed by atoms with Gasteiger partial charge < -0.3 is 10.0 Å². The SMILES string of the molecule is O=C(c1ccc(F)cc1Cl)N1CCCC1CO. The Labute approximate surface area is 104 Å². The van der Waals surface area contributed by atoms with Crippen molar-refractivity contribution in [2.45, 2.75) is 18.9 Å². The summed E-state index contributed by atoms with van der Waals surface area (Å²) in [6, 6.07) is 3.57.